The summed E-state index contributed by atoms with van der Waals surface area (Å²) in [5, 5.41) is 8.96. The Labute approximate surface area is 287 Å². The Kier molecular flexibility index (Phi) is 11.7. The predicted octanol–water partition coefficient (Wildman–Crippen LogP) is 12.4. The quantitative estimate of drug-likeness (QED) is 0.124. The molecular formula is C44H52O4. The number of hydrogen-bond donors (Lipinski definition) is 0. The summed E-state index contributed by atoms with van der Waals surface area (Å²) in [5.74, 6) is 4.83. The van der Waals surface area contributed by atoms with Crippen molar-refractivity contribution in [2.24, 2.45) is 11.8 Å². The van der Waals surface area contributed by atoms with Crippen LogP contribution in [0.2, 0.25) is 0 Å². The van der Waals surface area contributed by atoms with Crippen LogP contribution in [0.4, 0.5) is 0 Å². The lowest BCUT2D eigenvalue weighted by Crippen LogP contribution is -2.12. The molecule has 6 aromatic rings. The summed E-state index contributed by atoms with van der Waals surface area (Å²) in [4.78, 5) is 0. The van der Waals surface area contributed by atoms with Crippen molar-refractivity contribution < 1.29 is 18.9 Å². The third kappa shape index (κ3) is 7.81. The molecule has 0 aliphatic rings. The van der Waals surface area contributed by atoms with Crippen LogP contribution in [0.25, 0.3) is 43.1 Å². The second-order valence-corrected chi connectivity index (χ2v) is 13.6. The monoisotopic (exact) mass is 644 g/mol. The lowest BCUT2D eigenvalue weighted by Gasteiger charge is -2.22. The second-order valence-electron chi connectivity index (χ2n) is 13.6. The first-order valence-corrected chi connectivity index (χ1v) is 17.7. The van der Waals surface area contributed by atoms with Gasteiger partial charge < -0.3 is 18.9 Å². The van der Waals surface area contributed by atoms with Crippen LogP contribution in [0.5, 0.6) is 23.0 Å². The zero-order valence-corrected chi connectivity index (χ0v) is 30.0. The normalized spacial score (nSPS) is 12.7. The molecular weight excluding hydrogens is 592 g/mol. The Balaban J connectivity index is 0.000000188. The summed E-state index contributed by atoms with van der Waals surface area (Å²) in [7, 11) is 0. The van der Waals surface area contributed by atoms with Crippen LogP contribution >= 0.6 is 0 Å². The van der Waals surface area contributed by atoms with Gasteiger partial charge in [0, 0.05) is 43.1 Å². The highest BCUT2D eigenvalue weighted by Crippen LogP contribution is 2.44. The highest BCUT2D eigenvalue weighted by Gasteiger charge is 2.19. The fourth-order valence-corrected chi connectivity index (χ4v) is 5.73. The molecule has 0 amide bonds. The molecule has 0 heterocycles. The van der Waals surface area contributed by atoms with E-state index in [4.69, 9.17) is 18.9 Å². The van der Waals surface area contributed by atoms with Crippen molar-refractivity contribution in [2.45, 2.75) is 80.4 Å². The molecule has 2 atom stereocenters. The van der Waals surface area contributed by atoms with E-state index in [1.807, 2.05) is 0 Å². The van der Waals surface area contributed by atoms with Gasteiger partial charge >= 0.3 is 0 Å². The number of fused-ring (bicyclic) bond motifs is 4. The van der Waals surface area contributed by atoms with Gasteiger partial charge in [0.1, 0.15) is 23.0 Å². The van der Waals surface area contributed by atoms with Gasteiger partial charge in [-0.25, -0.2) is 0 Å². The van der Waals surface area contributed by atoms with Gasteiger partial charge in [-0.05, 0) is 38.5 Å². The van der Waals surface area contributed by atoms with E-state index < -0.39 is 0 Å². The molecule has 0 saturated carbocycles. The van der Waals surface area contributed by atoms with Crippen molar-refractivity contribution in [3.63, 3.8) is 0 Å². The van der Waals surface area contributed by atoms with Crippen molar-refractivity contribution in [1.82, 2.24) is 0 Å². The van der Waals surface area contributed by atoms with E-state index in [0.717, 1.165) is 78.9 Å². The molecule has 0 saturated heterocycles. The van der Waals surface area contributed by atoms with Gasteiger partial charge in [0.15, 0.2) is 0 Å². The van der Waals surface area contributed by atoms with E-state index in [1.54, 1.807) is 0 Å². The second kappa shape index (κ2) is 16.1. The summed E-state index contributed by atoms with van der Waals surface area (Å²) in [6.07, 6.45) is 2.32. The first-order chi connectivity index (χ1) is 23.2. The lowest BCUT2D eigenvalue weighted by atomic mass is 10.00. The van der Waals surface area contributed by atoms with Crippen molar-refractivity contribution in [3.8, 4) is 23.0 Å². The molecule has 6 rings (SSSR count). The number of rotatable bonds is 12. The molecule has 4 heteroatoms. The molecule has 252 valence electrons. The molecule has 0 bridgehead atoms. The van der Waals surface area contributed by atoms with E-state index >= 15 is 0 Å². The Morgan fingerprint density at radius 3 is 0.812 bits per heavy atom. The number of hydrogen-bond acceptors (Lipinski definition) is 4. The molecule has 0 aromatic heterocycles. The third-order valence-corrected chi connectivity index (χ3v) is 8.58. The van der Waals surface area contributed by atoms with E-state index in [0.29, 0.717) is 25.0 Å². The van der Waals surface area contributed by atoms with Gasteiger partial charge in [-0.3, -0.25) is 0 Å². The van der Waals surface area contributed by atoms with Gasteiger partial charge in [0.25, 0.3) is 0 Å². The number of benzene rings is 6. The van der Waals surface area contributed by atoms with Gasteiger partial charge in [0.2, 0.25) is 0 Å². The molecule has 0 spiro atoms. The third-order valence-electron chi connectivity index (χ3n) is 8.58. The first-order valence-electron chi connectivity index (χ1n) is 17.7. The maximum absolute atomic E-state index is 6.32. The van der Waals surface area contributed by atoms with E-state index in [-0.39, 0.29) is 12.2 Å². The van der Waals surface area contributed by atoms with Gasteiger partial charge in [-0.1, -0.05) is 139 Å². The van der Waals surface area contributed by atoms with Gasteiger partial charge in [0.05, 0.1) is 25.4 Å². The van der Waals surface area contributed by atoms with Crippen LogP contribution in [0.3, 0.4) is 0 Å². The molecule has 0 aliphatic heterocycles. The zero-order valence-electron chi connectivity index (χ0n) is 30.0. The zero-order chi connectivity index (χ0) is 34.2. The summed E-state index contributed by atoms with van der Waals surface area (Å²) >= 11 is 0. The minimum Gasteiger partial charge on any atom is -0.492 e. The molecule has 0 radical (unpaired) electrons. The van der Waals surface area contributed by atoms with Crippen LogP contribution in [0.1, 0.15) is 68.2 Å². The summed E-state index contributed by atoms with van der Waals surface area (Å²) < 4.78 is 25.1. The van der Waals surface area contributed by atoms with Gasteiger partial charge in [-0.2, -0.15) is 0 Å². The fourth-order valence-electron chi connectivity index (χ4n) is 5.73. The van der Waals surface area contributed by atoms with E-state index in [9.17, 15) is 0 Å². The maximum atomic E-state index is 6.32. The van der Waals surface area contributed by atoms with E-state index in [1.165, 1.54) is 0 Å². The minimum absolute atomic E-state index is 0.179. The standard InChI is InChI=1S/2C22H26O2/c1-15(2)13-23-21-17-9-5-7-11-19(17)22(24-14-16(3)4)20-12-8-6-10-18(20)21;1-5-15(3)23-21-17-11-7-9-13-19(17)22(24-16(4)6-2)20-14-10-8-12-18(20)21/h5-12,15-16H,13-14H2,1-4H3;7-16H,5-6H2,1-4H3. The topological polar surface area (TPSA) is 36.9 Å². The average Bonchev–Trinajstić information content (AvgIpc) is 3.10. The highest BCUT2D eigenvalue weighted by molar-refractivity contribution is 6.12. The molecule has 2 unspecified atom stereocenters. The van der Waals surface area contributed by atoms with Crippen LogP contribution < -0.4 is 18.9 Å². The summed E-state index contributed by atoms with van der Waals surface area (Å²) in [6.45, 7) is 18.6. The first kappa shape index (κ1) is 34.9. The molecule has 0 N–H and O–H groups in total. The fraction of sp³-hybridized carbons (Fsp3) is 0.364. The lowest BCUT2D eigenvalue weighted by molar-refractivity contribution is 0.219. The van der Waals surface area contributed by atoms with Crippen molar-refractivity contribution in [2.75, 3.05) is 13.2 Å². The minimum atomic E-state index is 0.179. The molecule has 6 aromatic carbocycles. The smallest absolute Gasteiger partial charge is 0.135 e. The van der Waals surface area contributed by atoms with Crippen molar-refractivity contribution in [1.29, 1.82) is 0 Å². The van der Waals surface area contributed by atoms with Crippen LogP contribution in [0.15, 0.2) is 97.1 Å². The molecule has 48 heavy (non-hydrogen) atoms. The van der Waals surface area contributed by atoms with Crippen LogP contribution in [-0.4, -0.2) is 25.4 Å². The van der Waals surface area contributed by atoms with Crippen molar-refractivity contribution >= 4 is 43.1 Å². The van der Waals surface area contributed by atoms with Gasteiger partial charge in [-0.15, -0.1) is 0 Å². The SMILES string of the molecule is CC(C)COc1c2ccccc2c(OCC(C)C)c2ccccc12.CCC(C)Oc1c2ccccc2c(OC(C)CC)c2ccccc12. The molecule has 4 nitrogen and oxygen atoms in total. The predicted molar refractivity (Wildman–Crippen MR) is 204 cm³/mol. The highest BCUT2D eigenvalue weighted by atomic mass is 16.5. The Bertz CT molecular complexity index is 1700. The summed E-state index contributed by atoms with van der Waals surface area (Å²) in [5.41, 5.74) is 0. The van der Waals surface area contributed by atoms with Crippen molar-refractivity contribution in [3.05, 3.63) is 97.1 Å². The maximum Gasteiger partial charge on any atom is 0.135 e. The van der Waals surface area contributed by atoms with Crippen LogP contribution in [-0.2, 0) is 0 Å². The molecule has 0 fully saturated rings. The largest absolute Gasteiger partial charge is 0.492 e. The van der Waals surface area contributed by atoms with E-state index in [2.05, 4.69) is 152 Å². The summed E-state index contributed by atoms with van der Waals surface area (Å²) in [6, 6.07) is 33.5. The Morgan fingerprint density at radius 2 is 0.604 bits per heavy atom. The Morgan fingerprint density at radius 1 is 0.375 bits per heavy atom. The number of ether oxygens (including phenoxy) is 4. The van der Waals surface area contributed by atoms with Crippen LogP contribution in [0, 0.1) is 11.8 Å². The molecule has 0 aliphatic carbocycles. The average molecular weight is 645 g/mol. The Hall–Kier alpha value is -4.44.